The first-order valence-electron chi connectivity index (χ1n) is 7.29. The maximum Gasteiger partial charge on any atom is 0.0453 e. The predicted molar refractivity (Wildman–Crippen MR) is 81.8 cm³/mol. The second kappa shape index (κ2) is 5.27. The van der Waals surface area contributed by atoms with Crippen molar-refractivity contribution in [3.63, 3.8) is 0 Å². The van der Waals surface area contributed by atoms with Crippen LogP contribution in [0.2, 0.25) is 10.0 Å². The summed E-state index contributed by atoms with van der Waals surface area (Å²) in [5.41, 5.74) is 7.59. The van der Waals surface area contributed by atoms with Gasteiger partial charge in [-0.3, -0.25) is 0 Å². The first kappa shape index (κ1) is 13.7. The largest absolute Gasteiger partial charge is 0.325 e. The maximum absolute atomic E-state index is 6.67. The van der Waals surface area contributed by atoms with Gasteiger partial charge in [-0.1, -0.05) is 42.1 Å². The van der Waals surface area contributed by atoms with Gasteiger partial charge in [0.05, 0.1) is 0 Å². The van der Waals surface area contributed by atoms with Gasteiger partial charge in [0.2, 0.25) is 0 Å². The number of benzene rings is 1. The van der Waals surface area contributed by atoms with Crippen LogP contribution in [0.3, 0.4) is 0 Å². The highest BCUT2D eigenvalue weighted by Gasteiger charge is 2.40. The van der Waals surface area contributed by atoms with Crippen LogP contribution < -0.4 is 5.73 Å². The minimum atomic E-state index is -0.111. The fourth-order valence-corrected chi connectivity index (χ4v) is 4.16. The van der Waals surface area contributed by atoms with E-state index in [1.165, 1.54) is 25.7 Å². The van der Waals surface area contributed by atoms with Crippen molar-refractivity contribution < 1.29 is 0 Å². The summed E-state index contributed by atoms with van der Waals surface area (Å²) in [7, 11) is 0. The third-order valence-electron chi connectivity index (χ3n) is 4.80. The standard InChI is InChI=1S/C16H21Cl2N/c17-14-4-1-5-15(18)13(14)10-16(19)8-2-3-12(9-16)11-6-7-11/h1,4-5,11-12H,2-3,6-10,19H2. The molecule has 19 heavy (non-hydrogen) atoms. The van der Waals surface area contributed by atoms with Crippen LogP contribution in [0.5, 0.6) is 0 Å². The summed E-state index contributed by atoms with van der Waals surface area (Å²) in [5.74, 6) is 1.78. The molecule has 0 amide bonds. The highest BCUT2D eigenvalue weighted by molar-refractivity contribution is 6.36. The lowest BCUT2D eigenvalue weighted by Crippen LogP contribution is -2.46. The van der Waals surface area contributed by atoms with Crippen LogP contribution in [-0.4, -0.2) is 5.54 Å². The fraction of sp³-hybridized carbons (Fsp3) is 0.625. The predicted octanol–water partition coefficient (Wildman–Crippen LogP) is 4.83. The molecule has 1 aromatic carbocycles. The van der Waals surface area contributed by atoms with Crippen molar-refractivity contribution in [3.8, 4) is 0 Å². The van der Waals surface area contributed by atoms with E-state index in [4.69, 9.17) is 28.9 Å². The van der Waals surface area contributed by atoms with Crippen LogP contribution in [0.25, 0.3) is 0 Å². The highest BCUT2D eigenvalue weighted by Crippen LogP contribution is 2.47. The number of hydrogen-bond acceptors (Lipinski definition) is 1. The number of halogens is 2. The molecule has 2 atom stereocenters. The molecule has 0 aliphatic heterocycles. The van der Waals surface area contributed by atoms with Gasteiger partial charge in [-0.05, 0) is 61.6 Å². The Labute approximate surface area is 125 Å². The van der Waals surface area contributed by atoms with E-state index in [0.717, 1.165) is 46.7 Å². The van der Waals surface area contributed by atoms with Crippen LogP contribution in [0, 0.1) is 11.8 Å². The smallest absolute Gasteiger partial charge is 0.0453 e. The summed E-state index contributed by atoms with van der Waals surface area (Å²) in [6.07, 6.45) is 8.48. The van der Waals surface area contributed by atoms with Gasteiger partial charge in [0.25, 0.3) is 0 Å². The summed E-state index contributed by atoms with van der Waals surface area (Å²) < 4.78 is 0. The van der Waals surface area contributed by atoms with Crippen molar-refractivity contribution in [1.29, 1.82) is 0 Å². The normalized spacial score (nSPS) is 31.4. The van der Waals surface area contributed by atoms with Gasteiger partial charge in [-0.15, -0.1) is 0 Å². The van der Waals surface area contributed by atoms with E-state index >= 15 is 0 Å². The third kappa shape index (κ3) is 3.09. The summed E-state index contributed by atoms with van der Waals surface area (Å²) in [5, 5.41) is 1.51. The highest BCUT2D eigenvalue weighted by atomic mass is 35.5. The Morgan fingerprint density at radius 2 is 1.79 bits per heavy atom. The van der Waals surface area contributed by atoms with Gasteiger partial charge >= 0.3 is 0 Å². The Bertz CT molecular complexity index is 450. The van der Waals surface area contributed by atoms with Crippen LogP contribution in [0.1, 0.15) is 44.1 Å². The van der Waals surface area contributed by atoms with Crippen LogP contribution >= 0.6 is 23.2 Å². The lowest BCUT2D eigenvalue weighted by atomic mass is 9.72. The molecule has 2 N–H and O–H groups in total. The molecular formula is C16H21Cl2N. The average molecular weight is 298 g/mol. The molecule has 2 aliphatic rings. The van der Waals surface area contributed by atoms with Crippen molar-refractivity contribution >= 4 is 23.2 Å². The van der Waals surface area contributed by atoms with E-state index in [0.29, 0.717) is 0 Å². The topological polar surface area (TPSA) is 26.0 Å². The zero-order chi connectivity index (χ0) is 13.5. The molecule has 1 nitrogen and oxygen atoms in total. The molecule has 3 heteroatoms. The second-order valence-corrected chi connectivity index (χ2v) is 7.25. The van der Waals surface area contributed by atoms with Gasteiger partial charge < -0.3 is 5.73 Å². The average Bonchev–Trinajstić information content (AvgIpc) is 3.18. The van der Waals surface area contributed by atoms with E-state index in [1.807, 2.05) is 18.2 Å². The van der Waals surface area contributed by atoms with Gasteiger partial charge in [-0.2, -0.15) is 0 Å². The van der Waals surface area contributed by atoms with Crippen molar-refractivity contribution in [1.82, 2.24) is 0 Å². The molecule has 2 aliphatic carbocycles. The minimum absolute atomic E-state index is 0.111. The second-order valence-electron chi connectivity index (χ2n) is 6.43. The molecule has 2 fully saturated rings. The first-order chi connectivity index (χ1) is 9.07. The van der Waals surface area contributed by atoms with Crippen LogP contribution in [-0.2, 0) is 6.42 Å². The Kier molecular flexibility index (Phi) is 3.81. The quantitative estimate of drug-likeness (QED) is 0.849. The number of nitrogens with two attached hydrogens (primary N) is 1. The molecule has 3 rings (SSSR count). The van der Waals surface area contributed by atoms with E-state index < -0.39 is 0 Å². The van der Waals surface area contributed by atoms with Gasteiger partial charge in [0, 0.05) is 15.6 Å². The summed E-state index contributed by atoms with van der Waals surface area (Å²) in [6.45, 7) is 0. The molecule has 0 bridgehead atoms. The molecule has 0 heterocycles. The Morgan fingerprint density at radius 1 is 1.11 bits per heavy atom. The summed E-state index contributed by atoms with van der Waals surface area (Å²) in [6, 6.07) is 5.71. The lowest BCUT2D eigenvalue weighted by Gasteiger charge is -2.39. The maximum atomic E-state index is 6.67. The number of hydrogen-bond donors (Lipinski definition) is 1. The summed E-state index contributed by atoms with van der Waals surface area (Å²) >= 11 is 12.6. The molecule has 0 saturated heterocycles. The van der Waals surface area contributed by atoms with E-state index in [9.17, 15) is 0 Å². The van der Waals surface area contributed by atoms with Crippen molar-refractivity contribution in [2.75, 3.05) is 0 Å². The van der Waals surface area contributed by atoms with Gasteiger partial charge in [0.15, 0.2) is 0 Å². The van der Waals surface area contributed by atoms with Crippen LogP contribution in [0.4, 0.5) is 0 Å². The molecule has 2 saturated carbocycles. The monoisotopic (exact) mass is 297 g/mol. The fourth-order valence-electron chi connectivity index (χ4n) is 3.63. The molecule has 0 radical (unpaired) electrons. The minimum Gasteiger partial charge on any atom is -0.325 e. The Morgan fingerprint density at radius 3 is 2.42 bits per heavy atom. The molecule has 0 aromatic heterocycles. The van der Waals surface area contributed by atoms with Crippen LogP contribution in [0.15, 0.2) is 18.2 Å². The van der Waals surface area contributed by atoms with E-state index in [1.54, 1.807) is 0 Å². The van der Waals surface area contributed by atoms with E-state index in [2.05, 4.69) is 0 Å². The van der Waals surface area contributed by atoms with Crippen molar-refractivity contribution in [3.05, 3.63) is 33.8 Å². The Balaban J connectivity index is 1.77. The van der Waals surface area contributed by atoms with Crippen molar-refractivity contribution in [2.45, 2.75) is 50.5 Å². The molecular weight excluding hydrogens is 277 g/mol. The zero-order valence-electron chi connectivity index (χ0n) is 11.2. The SMILES string of the molecule is NC1(Cc2c(Cl)cccc2Cl)CCCC(C2CC2)C1. The number of rotatable bonds is 3. The van der Waals surface area contributed by atoms with E-state index in [-0.39, 0.29) is 5.54 Å². The molecule has 104 valence electrons. The van der Waals surface area contributed by atoms with Gasteiger partial charge in [0.1, 0.15) is 0 Å². The zero-order valence-corrected chi connectivity index (χ0v) is 12.7. The molecule has 2 unspecified atom stereocenters. The first-order valence-corrected chi connectivity index (χ1v) is 8.05. The molecule has 0 spiro atoms. The third-order valence-corrected chi connectivity index (χ3v) is 5.51. The Hall–Kier alpha value is -0.240. The molecule has 1 aromatic rings. The van der Waals surface area contributed by atoms with Gasteiger partial charge in [-0.25, -0.2) is 0 Å². The van der Waals surface area contributed by atoms with Crippen molar-refractivity contribution in [2.24, 2.45) is 17.6 Å². The lowest BCUT2D eigenvalue weighted by molar-refractivity contribution is 0.204. The summed E-state index contributed by atoms with van der Waals surface area (Å²) in [4.78, 5) is 0.